The number of unbranched alkanes of at least 4 members (excludes halogenated alkanes) is 2. The predicted octanol–water partition coefficient (Wildman–Crippen LogP) is 3.11. The largest absolute Gasteiger partial charge is 0.379 e. The highest BCUT2D eigenvalue weighted by molar-refractivity contribution is 4.80. The van der Waals surface area contributed by atoms with Gasteiger partial charge in [0.15, 0.2) is 0 Å². The van der Waals surface area contributed by atoms with E-state index in [1.165, 1.54) is 51.5 Å². The van der Waals surface area contributed by atoms with Crippen molar-refractivity contribution in [3.8, 4) is 0 Å². The highest BCUT2D eigenvalue weighted by Crippen LogP contribution is 2.18. The molecule has 0 saturated heterocycles. The van der Waals surface area contributed by atoms with Crippen LogP contribution in [0.25, 0.3) is 0 Å². The Morgan fingerprint density at radius 2 is 2.07 bits per heavy atom. The van der Waals surface area contributed by atoms with E-state index in [2.05, 4.69) is 19.2 Å². The number of ether oxygens (including phenoxy) is 1. The minimum Gasteiger partial charge on any atom is -0.379 e. The first-order valence-corrected chi connectivity index (χ1v) is 6.68. The molecule has 0 bridgehead atoms. The summed E-state index contributed by atoms with van der Waals surface area (Å²) in [6.07, 6.45) is 9.52. The van der Waals surface area contributed by atoms with Crippen LogP contribution in [0.4, 0.5) is 0 Å². The molecule has 1 unspecified atom stereocenters. The van der Waals surface area contributed by atoms with E-state index < -0.39 is 0 Å². The fourth-order valence-electron chi connectivity index (χ4n) is 1.77. The first-order valence-electron chi connectivity index (χ1n) is 6.68. The lowest BCUT2D eigenvalue weighted by Gasteiger charge is -2.11. The standard InChI is InChI=1S/C13H27NO/c1-3-7-12(2)15-11-6-4-5-10-14-13-8-9-13/h12-14H,3-11H2,1-2H3. The zero-order chi connectivity index (χ0) is 10.9. The molecule has 0 amide bonds. The lowest BCUT2D eigenvalue weighted by molar-refractivity contribution is 0.0571. The fraction of sp³-hybridized carbons (Fsp3) is 1.00. The average molecular weight is 213 g/mol. The summed E-state index contributed by atoms with van der Waals surface area (Å²) in [6.45, 7) is 6.54. The molecule has 0 radical (unpaired) electrons. The maximum absolute atomic E-state index is 5.70. The quantitative estimate of drug-likeness (QED) is 0.563. The summed E-state index contributed by atoms with van der Waals surface area (Å²) in [4.78, 5) is 0. The molecule has 0 aromatic carbocycles. The first-order chi connectivity index (χ1) is 7.33. The maximum atomic E-state index is 5.70. The Morgan fingerprint density at radius 1 is 1.27 bits per heavy atom. The smallest absolute Gasteiger partial charge is 0.0546 e. The van der Waals surface area contributed by atoms with Crippen LogP contribution >= 0.6 is 0 Å². The van der Waals surface area contributed by atoms with E-state index in [0.29, 0.717) is 6.10 Å². The molecular formula is C13H27NO. The van der Waals surface area contributed by atoms with Gasteiger partial charge in [-0.25, -0.2) is 0 Å². The van der Waals surface area contributed by atoms with Gasteiger partial charge in [-0.1, -0.05) is 13.3 Å². The third kappa shape index (κ3) is 7.80. The SMILES string of the molecule is CCCC(C)OCCCCCNC1CC1. The van der Waals surface area contributed by atoms with Crippen LogP contribution < -0.4 is 5.32 Å². The van der Waals surface area contributed by atoms with E-state index in [0.717, 1.165) is 12.6 Å². The van der Waals surface area contributed by atoms with E-state index in [4.69, 9.17) is 4.74 Å². The van der Waals surface area contributed by atoms with Gasteiger partial charge in [0.2, 0.25) is 0 Å². The summed E-state index contributed by atoms with van der Waals surface area (Å²) in [5.74, 6) is 0. The summed E-state index contributed by atoms with van der Waals surface area (Å²) in [7, 11) is 0. The highest BCUT2D eigenvalue weighted by Gasteiger charge is 2.19. The van der Waals surface area contributed by atoms with Gasteiger partial charge in [0.25, 0.3) is 0 Å². The molecule has 1 aliphatic rings. The number of hydrogen-bond acceptors (Lipinski definition) is 2. The Bertz CT molecular complexity index is 145. The van der Waals surface area contributed by atoms with Gasteiger partial charge in [0.1, 0.15) is 0 Å². The lowest BCUT2D eigenvalue weighted by atomic mass is 10.2. The molecule has 1 saturated carbocycles. The Labute approximate surface area is 94.8 Å². The summed E-state index contributed by atoms with van der Waals surface area (Å²) in [5.41, 5.74) is 0. The van der Waals surface area contributed by atoms with Crippen molar-refractivity contribution in [2.24, 2.45) is 0 Å². The lowest BCUT2D eigenvalue weighted by Crippen LogP contribution is -2.17. The van der Waals surface area contributed by atoms with Crippen molar-refractivity contribution < 1.29 is 4.74 Å². The van der Waals surface area contributed by atoms with Crippen LogP contribution in [-0.2, 0) is 4.74 Å². The second kappa shape index (κ2) is 8.12. The highest BCUT2D eigenvalue weighted by atomic mass is 16.5. The normalized spacial score (nSPS) is 18.0. The Morgan fingerprint density at radius 3 is 2.73 bits per heavy atom. The van der Waals surface area contributed by atoms with Crippen molar-refractivity contribution in [1.82, 2.24) is 5.32 Å². The van der Waals surface area contributed by atoms with Crippen LogP contribution in [0.1, 0.15) is 58.8 Å². The molecule has 15 heavy (non-hydrogen) atoms. The van der Waals surface area contributed by atoms with E-state index in [9.17, 15) is 0 Å². The molecule has 1 fully saturated rings. The molecule has 0 aromatic heterocycles. The fourth-order valence-corrected chi connectivity index (χ4v) is 1.77. The van der Waals surface area contributed by atoms with Crippen LogP contribution in [0.2, 0.25) is 0 Å². The monoisotopic (exact) mass is 213 g/mol. The molecule has 0 spiro atoms. The van der Waals surface area contributed by atoms with Gasteiger partial charge >= 0.3 is 0 Å². The van der Waals surface area contributed by atoms with Gasteiger partial charge in [-0.15, -0.1) is 0 Å². The molecule has 1 atom stereocenters. The van der Waals surface area contributed by atoms with Crippen molar-refractivity contribution in [3.05, 3.63) is 0 Å². The summed E-state index contributed by atoms with van der Waals surface area (Å²) < 4.78 is 5.70. The van der Waals surface area contributed by atoms with E-state index in [1.54, 1.807) is 0 Å². The topological polar surface area (TPSA) is 21.3 Å². The van der Waals surface area contributed by atoms with Crippen molar-refractivity contribution in [2.75, 3.05) is 13.2 Å². The van der Waals surface area contributed by atoms with Crippen molar-refractivity contribution >= 4 is 0 Å². The molecule has 2 heteroatoms. The second-order valence-corrected chi connectivity index (χ2v) is 4.76. The zero-order valence-corrected chi connectivity index (χ0v) is 10.4. The third-order valence-corrected chi connectivity index (χ3v) is 2.93. The summed E-state index contributed by atoms with van der Waals surface area (Å²) in [5, 5.41) is 3.54. The van der Waals surface area contributed by atoms with Gasteiger partial charge in [0, 0.05) is 12.6 Å². The molecule has 2 nitrogen and oxygen atoms in total. The van der Waals surface area contributed by atoms with E-state index >= 15 is 0 Å². The second-order valence-electron chi connectivity index (χ2n) is 4.76. The predicted molar refractivity (Wildman–Crippen MR) is 65.2 cm³/mol. The van der Waals surface area contributed by atoms with Crippen molar-refractivity contribution in [3.63, 3.8) is 0 Å². The minimum atomic E-state index is 0.458. The molecule has 90 valence electrons. The molecule has 0 heterocycles. The molecule has 1 aliphatic carbocycles. The van der Waals surface area contributed by atoms with Gasteiger partial charge in [-0.05, 0) is 52.0 Å². The van der Waals surface area contributed by atoms with Crippen LogP contribution in [0.15, 0.2) is 0 Å². The Hall–Kier alpha value is -0.0800. The van der Waals surface area contributed by atoms with Gasteiger partial charge in [0.05, 0.1) is 6.10 Å². The van der Waals surface area contributed by atoms with Gasteiger partial charge < -0.3 is 10.1 Å². The van der Waals surface area contributed by atoms with Crippen LogP contribution in [-0.4, -0.2) is 25.3 Å². The molecule has 0 aromatic rings. The summed E-state index contributed by atoms with van der Waals surface area (Å²) in [6, 6.07) is 0.867. The minimum absolute atomic E-state index is 0.458. The Kier molecular flexibility index (Phi) is 7.03. The number of nitrogens with one attached hydrogen (secondary N) is 1. The molecule has 1 rings (SSSR count). The van der Waals surface area contributed by atoms with Crippen molar-refractivity contribution in [2.45, 2.75) is 70.9 Å². The van der Waals surface area contributed by atoms with Crippen LogP contribution in [0.3, 0.4) is 0 Å². The first kappa shape index (κ1) is 13.0. The van der Waals surface area contributed by atoms with Gasteiger partial charge in [-0.3, -0.25) is 0 Å². The molecule has 1 N–H and O–H groups in total. The maximum Gasteiger partial charge on any atom is 0.0546 e. The molecule has 0 aliphatic heterocycles. The third-order valence-electron chi connectivity index (χ3n) is 2.93. The Balaban J connectivity index is 1.72. The van der Waals surface area contributed by atoms with Gasteiger partial charge in [-0.2, -0.15) is 0 Å². The zero-order valence-electron chi connectivity index (χ0n) is 10.4. The van der Waals surface area contributed by atoms with E-state index in [1.807, 2.05) is 0 Å². The summed E-state index contributed by atoms with van der Waals surface area (Å²) >= 11 is 0. The van der Waals surface area contributed by atoms with Crippen LogP contribution in [0, 0.1) is 0 Å². The number of hydrogen-bond donors (Lipinski definition) is 1. The van der Waals surface area contributed by atoms with E-state index in [-0.39, 0.29) is 0 Å². The van der Waals surface area contributed by atoms with Crippen LogP contribution in [0.5, 0.6) is 0 Å². The average Bonchev–Trinajstić information content (AvgIpc) is 3.00. The van der Waals surface area contributed by atoms with Crippen molar-refractivity contribution in [1.29, 1.82) is 0 Å². The molecular weight excluding hydrogens is 186 g/mol. The number of rotatable bonds is 10.